The number of rotatable bonds is 6. The number of nitrogens with one attached hydrogen (secondary N) is 1. The molecule has 1 aliphatic rings. The van der Waals surface area contributed by atoms with E-state index in [1.807, 2.05) is 61.5 Å². The van der Waals surface area contributed by atoms with Crippen LogP contribution in [-0.4, -0.2) is 17.8 Å². The standard InChI is InChI=1S/C32H28N2O4/c1-4-23-9-6-8-12-28(23)34-31(36)27(30(35)33-32(34)37)18-26-25-11-7-5-10-24(25)15-16-29(26)38-19-22-14-13-20(2)21(3)17-22/h5-18H,4,19H2,1-3H3,(H,33,35,37)/b27-18-. The molecule has 4 amide bonds. The number of hydrogen-bond donors (Lipinski definition) is 1. The van der Waals surface area contributed by atoms with E-state index in [-0.39, 0.29) is 5.57 Å². The Hall–Kier alpha value is -4.71. The van der Waals surface area contributed by atoms with Crippen LogP contribution in [0.15, 0.2) is 84.4 Å². The summed E-state index contributed by atoms with van der Waals surface area (Å²) in [4.78, 5) is 40.4. The fraction of sp³-hybridized carbons (Fsp3) is 0.156. The number of urea groups is 1. The second kappa shape index (κ2) is 10.3. The highest BCUT2D eigenvalue weighted by molar-refractivity contribution is 6.39. The van der Waals surface area contributed by atoms with E-state index in [0.717, 1.165) is 26.8 Å². The first-order chi connectivity index (χ1) is 18.4. The van der Waals surface area contributed by atoms with Gasteiger partial charge in [-0.2, -0.15) is 0 Å². The summed E-state index contributed by atoms with van der Waals surface area (Å²) in [5.41, 5.74) is 5.14. The molecule has 0 bridgehead atoms. The zero-order chi connectivity index (χ0) is 26.8. The van der Waals surface area contributed by atoms with Gasteiger partial charge in [0, 0.05) is 5.56 Å². The Morgan fingerprint density at radius 2 is 1.63 bits per heavy atom. The van der Waals surface area contributed by atoms with Crippen LogP contribution in [0, 0.1) is 13.8 Å². The van der Waals surface area contributed by atoms with Gasteiger partial charge < -0.3 is 4.74 Å². The molecule has 6 nitrogen and oxygen atoms in total. The number of ether oxygens (including phenoxy) is 1. The number of para-hydroxylation sites is 1. The maximum Gasteiger partial charge on any atom is 0.335 e. The minimum atomic E-state index is -0.762. The van der Waals surface area contributed by atoms with Crippen molar-refractivity contribution in [3.63, 3.8) is 0 Å². The third-order valence-corrected chi connectivity index (χ3v) is 6.90. The molecule has 0 spiro atoms. The Morgan fingerprint density at radius 3 is 2.42 bits per heavy atom. The number of carbonyl (C=O) groups excluding carboxylic acids is 3. The molecule has 1 aliphatic heterocycles. The lowest BCUT2D eigenvalue weighted by atomic mass is 9.99. The highest BCUT2D eigenvalue weighted by Gasteiger charge is 2.37. The monoisotopic (exact) mass is 504 g/mol. The number of aryl methyl sites for hydroxylation is 3. The summed E-state index contributed by atoms with van der Waals surface area (Å²) in [5.74, 6) is -0.876. The first-order valence-corrected chi connectivity index (χ1v) is 12.6. The fourth-order valence-corrected chi connectivity index (χ4v) is 4.65. The molecule has 4 aromatic rings. The van der Waals surface area contributed by atoms with Crippen molar-refractivity contribution in [1.82, 2.24) is 5.32 Å². The highest BCUT2D eigenvalue weighted by Crippen LogP contribution is 2.33. The van der Waals surface area contributed by atoms with E-state index in [2.05, 4.69) is 31.3 Å². The van der Waals surface area contributed by atoms with Gasteiger partial charge >= 0.3 is 6.03 Å². The largest absolute Gasteiger partial charge is 0.488 e. The average molecular weight is 505 g/mol. The molecular weight excluding hydrogens is 476 g/mol. The predicted octanol–water partition coefficient (Wildman–Crippen LogP) is 6.26. The summed E-state index contributed by atoms with van der Waals surface area (Å²) in [6.07, 6.45) is 2.16. The van der Waals surface area contributed by atoms with Crippen LogP contribution in [0.1, 0.15) is 34.7 Å². The van der Waals surface area contributed by atoms with Gasteiger partial charge in [-0.05, 0) is 71.5 Å². The van der Waals surface area contributed by atoms with Crippen molar-refractivity contribution >= 4 is 40.4 Å². The molecule has 0 saturated carbocycles. The van der Waals surface area contributed by atoms with Gasteiger partial charge in [0.15, 0.2) is 0 Å². The zero-order valence-electron chi connectivity index (χ0n) is 21.6. The lowest BCUT2D eigenvalue weighted by Crippen LogP contribution is -2.54. The van der Waals surface area contributed by atoms with Gasteiger partial charge in [0.05, 0.1) is 5.69 Å². The number of fused-ring (bicyclic) bond motifs is 1. The van der Waals surface area contributed by atoms with E-state index in [1.165, 1.54) is 17.2 Å². The van der Waals surface area contributed by atoms with Gasteiger partial charge in [0.1, 0.15) is 17.9 Å². The van der Waals surface area contributed by atoms with Crippen LogP contribution in [0.3, 0.4) is 0 Å². The molecule has 0 unspecified atom stereocenters. The highest BCUT2D eigenvalue weighted by atomic mass is 16.5. The van der Waals surface area contributed by atoms with Gasteiger partial charge in [0.25, 0.3) is 11.8 Å². The summed E-state index contributed by atoms with van der Waals surface area (Å²) in [5, 5.41) is 4.10. The molecule has 1 heterocycles. The number of benzene rings is 4. The molecule has 38 heavy (non-hydrogen) atoms. The lowest BCUT2D eigenvalue weighted by Gasteiger charge is -2.28. The van der Waals surface area contributed by atoms with Crippen LogP contribution in [0.5, 0.6) is 5.75 Å². The molecular formula is C32H28N2O4. The molecule has 4 aromatic carbocycles. The first-order valence-electron chi connectivity index (χ1n) is 12.6. The van der Waals surface area contributed by atoms with Crippen LogP contribution >= 0.6 is 0 Å². The summed E-state index contributed by atoms with van der Waals surface area (Å²) < 4.78 is 6.24. The molecule has 0 radical (unpaired) electrons. The second-order valence-electron chi connectivity index (χ2n) is 9.35. The van der Waals surface area contributed by atoms with Gasteiger partial charge in [-0.3, -0.25) is 14.9 Å². The Labute approximate surface area is 221 Å². The smallest absolute Gasteiger partial charge is 0.335 e. The molecule has 1 N–H and O–H groups in total. The Kier molecular flexibility index (Phi) is 6.79. The van der Waals surface area contributed by atoms with Gasteiger partial charge in [0.2, 0.25) is 0 Å². The predicted molar refractivity (Wildman–Crippen MR) is 149 cm³/mol. The maximum absolute atomic E-state index is 13.7. The third-order valence-electron chi connectivity index (χ3n) is 6.90. The number of anilines is 1. The molecule has 6 heteroatoms. The van der Waals surface area contributed by atoms with Gasteiger partial charge in [-0.15, -0.1) is 0 Å². The fourth-order valence-electron chi connectivity index (χ4n) is 4.65. The summed E-state index contributed by atoms with van der Waals surface area (Å²) in [6, 6.07) is 24.1. The second-order valence-corrected chi connectivity index (χ2v) is 9.35. The Balaban J connectivity index is 1.59. The van der Waals surface area contributed by atoms with Crippen molar-refractivity contribution < 1.29 is 19.1 Å². The van der Waals surface area contributed by atoms with Crippen molar-refractivity contribution in [1.29, 1.82) is 0 Å². The van der Waals surface area contributed by atoms with E-state index in [9.17, 15) is 14.4 Å². The number of carbonyl (C=O) groups is 3. The number of barbiturate groups is 1. The van der Waals surface area contributed by atoms with Crippen LogP contribution in [0.25, 0.3) is 16.8 Å². The van der Waals surface area contributed by atoms with E-state index in [1.54, 1.807) is 12.1 Å². The SMILES string of the molecule is CCc1ccccc1N1C(=O)NC(=O)/C(=C/c2c(OCc3ccc(C)c(C)c3)ccc3ccccc23)C1=O. The molecule has 1 fully saturated rings. The van der Waals surface area contributed by atoms with Crippen LogP contribution in [0.2, 0.25) is 0 Å². The van der Waals surface area contributed by atoms with E-state index < -0.39 is 17.8 Å². The van der Waals surface area contributed by atoms with Crippen molar-refractivity contribution in [3.05, 3.63) is 112 Å². The molecule has 0 atom stereocenters. The van der Waals surface area contributed by atoms with Crippen LogP contribution in [-0.2, 0) is 22.6 Å². The third kappa shape index (κ3) is 4.68. The van der Waals surface area contributed by atoms with Crippen LogP contribution < -0.4 is 15.0 Å². The van der Waals surface area contributed by atoms with Crippen molar-refractivity contribution in [2.24, 2.45) is 0 Å². The summed E-state index contributed by atoms with van der Waals surface area (Å²) in [6.45, 7) is 6.39. The molecule has 5 rings (SSSR count). The zero-order valence-corrected chi connectivity index (χ0v) is 21.6. The molecule has 1 saturated heterocycles. The van der Waals surface area contributed by atoms with E-state index in [4.69, 9.17) is 4.74 Å². The normalized spacial score (nSPS) is 14.8. The minimum absolute atomic E-state index is 0.136. The van der Waals surface area contributed by atoms with E-state index >= 15 is 0 Å². The summed E-state index contributed by atoms with van der Waals surface area (Å²) >= 11 is 0. The Morgan fingerprint density at radius 1 is 0.868 bits per heavy atom. The molecule has 190 valence electrons. The van der Waals surface area contributed by atoms with Crippen molar-refractivity contribution in [2.45, 2.75) is 33.8 Å². The van der Waals surface area contributed by atoms with Crippen molar-refractivity contribution in [3.8, 4) is 5.75 Å². The van der Waals surface area contributed by atoms with E-state index in [0.29, 0.717) is 30.0 Å². The van der Waals surface area contributed by atoms with Gasteiger partial charge in [-0.1, -0.05) is 73.7 Å². The summed E-state index contributed by atoms with van der Waals surface area (Å²) in [7, 11) is 0. The number of imide groups is 2. The number of amides is 4. The minimum Gasteiger partial charge on any atom is -0.488 e. The Bertz CT molecular complexity index is 1620. The average Bonchev–Trinajstić information content (AvgIpc) is 2.92. The number of hydrogen-bond acceptors (Lipinski definition) is 4. The maximum atomic E-state index is 13.7. The molecule has 0 aliphatic carbocycles. The van der Waals surface area contributed by atoms with Crippen LogP contribution in [0.4, 0.5) is 10.5 Å². The topological polar surface area (TPSA) is 75.7 Å². The van der Waals surface area contributed by atoms with Gasteiger partial charge in [-0.25, -0.2) is 9.69 Å². The first kappa shape index (κ1) is 25.0. The molecule has 0 aromatic heterocycles. The van der Waals surface area contributed by atoms with Crippen molar-refractivity contribution in [2.75, 3.05) is 4.90 Å². The number of nitrogens with zero attached hydrogens (tertiary/aromatic N) is 1. The quantitative estimate of drug-likeness (QED) is 0.248. The lowest BCUT2D eigenvalue weighted by molar-refractivity contribution is -0.122.